The molecule has 0 radical (unpaired) electrons. The third-order valence-corrected chi connectivity index (χ3v) is 4.08. The molecule has 2 N–H and O–H groups in total. The molecule has 2 aromatic heterocycles. The highest BCUT2D eigenvalue weighted by molar-refractivity contribution is 5.78. The van der Waals surface area contributed by atoms with Gasteiger partial charge in [-0.05, 0) is 24.3 Å². The van der Waals surface area contributed by atoms with Gasteiger partial charge < -0.3 is 19.7 Å². The number of hydrogen-bond donors (Lipinski definition) is 2. The topological polar surface area (TPSA) is 81.8 Å². The van der Waals surface area contributed by atoms with Gasteiger partial charge in [0.15, 0.2) is 0 Å². The maximum atomic E-state index is 12.0. The Bertz CT molecular complexity index is 625. The van der Waals surface area contributed by atoms with Crippen molar-refractivity contribution >= 4 is 11.7 Å². The second-order valence-electron chi connectivity index (χ2n) is 5.79. The minimum Gasteiger partial charge on any atom is -0.467 e. The zero-order valence-electron chi connectivity index (χ0n) is 13.5. The molecule has 1 fully saturated rings. The van der Waals surface area contributed by atoms with Gasteiger partial charge in [0.2, 0.25) is 5.91 Å². The van der Waals surface area contributed by atoms with Gasteiger partial charge in [-0.3, -0.25) is 9.69 Å². The molecule has 2 aromatic rings. The Morgan fingerprint density at radius 2 is 2.08 bits per heavy atom. The summed E-state index contributed by atoms with van der Waals surface area (Å²) in [4.78, 5) is 20.7. The van der Waals surface area contributed by atoms with Crippen molar-refractivity contribution in [2.75, 3.05) is 44.2 Å². The molecule has 1 aliphatic rings. The van der Waals surface area contributed by atoms with Crippen molar-refractivity contribution in [3.05, 3.63) is 48.6 Å². The number of aliphatic hydroxyl groups excluding tert-OH is 1. The zero-order chi connectivity index (χ0) is 16.8. The van der Waals surface area contributed by atoms with Gasteiger partial charge >= 0.3 is 0 Å². The van der Waals surface area contributed by atoms with E-state index in [2.05, 4.69) is 20.1 Å². The van der Waals surface area contributed by atoms with E-state index in [4.69, 9.17) is 4.42 Å². The van der Waals surface area contributed by atoms with Crippen LogP contribution in [0.5, 0.6) is 0 Å². The molecule has 7 heteroatoms. The normalized spacial score (nSPS) is 16.8. The van der Waals surface area contributed by atoms with E-state index in [0.717, 1.165) is 32.0 Å². The first-order valence-corrected chi connectivity index (χ1v) is 8.09. The van der Waals surface area contributed by atoms with Crippen molar-refractivity contribution in [3.8, 4) is 0 Å². The smallest absolute Gasteiger partial charge is 0.234 e. The van der Waals surface area contributed by atoms with E-state index in [0.29, 0.717) is 12.3 Å². The van der Waals surface area contributed by atoms with E-state index >= 15 is 0 Å². The fourth-order valence-electron chi connectivity index (χ4n) is 2.73. The van der Waals surface area contributed by atoms with E-state index in [1.807, 2.05) is 18.2 Å². The third-order valence-electron chi connectivity index (χ3n) is 4.08. The molecule has 0 saturated carbocycles. The molecule has 1 atom stereocenters. The van der Waals surface area contributed by atoms with Crippen molar-refractivity contribution < 1.29 is 14.3 Å². The number of piperazine rings is 1. The van der Waals surface area contributed by atoms with Crippen LogP contribution >= 0.6 is 0 Å². The summed E-state index contributed by atoms with van der Waals surface area (Å²) >= 11 is 0. The lowest BCUT2D eigenvalue weighted by atomic mass is 10.2. The molecule has 0 bridgehead atoms. The van der Waals surface area contributed by atoms with Crippen LogP contribution in [0.1, 0.15) is 11.9 Å². The van der Waals surface area contributed by atoms with Crippen molar-refractivity contribution in [3.63, 3.8) is 0 Å². The number of furan rings is 1. The standard InChI is InChI=1S/C17H22N4O3/c22-14(15-4-3-11-24-15)12-19-17(23)13-20-7-9-21(10-8-20)16-5-1-2-6-18-16/h1-6,11,14,22H,7-10,12-13H2,(H,19,23). The Balaban J connectivity index is 1.39. The minimum absolute atomic E-state index is 0.0908. The molecule has 0 aromatic carbocycles. The van der Waals surface area contributed by atoms with Crippen LogP contribution in [0.3, 0.4) is 0 Å². The van der Waals surface area contributed by atoms with Crippen LogP contribution in [0, 0.1) is 0 Å². The summed E-state index contributed by atoms with van der Waals surface area (Å²) in [6.45, 7) is 3.80. The van der Waals surface area contributed by atoms with Crippen molar-refractivity contribution in [1.82, 2.24) is 15.2 Å². The van der Waals surface area contributed by atoms with Crippen LogP contribution in [0.4, 0.5) is 5.82 Å². The fraction of sp³-hybridized carbons (Fsp3) is 0.412. The van der Waals surface area contributed by atoms with Gasteiger partial charge in [-0.1, -0.05) is 6.07 Å². The second-order valence-corrected chi connectivity index (χ2v) is 5.79. The van der Waals surface area contributed by atoms with Crippen LogP contribution in [-0.2, 0) is 4.79 Å². The van der Waals surface area contributed by atoms with Crippen molar-refractivity contribution in [2.24, 2.45) is 0 Å². The van der Waals surface area contributed by atoms with Gasteiger partial charge in [0.25, 0.3) is 0 Å². The summed E-state index contributed by atoms with van der Waals surface area (Å²) in [5, 5.41) is 12.6. The number of rotatable bonds is 6. The van der Waals surface area contributed by atoms with Crippen LogP contribution in [0.25, 0.3) is 0 Å². The molecular formula is C17H22N4O3. The molecule has 1 saturated heterocycles. The highest BCUT2D eigenvalue weighted by Crippen LogP contribution is 2.13. The van der Waals surface area contributed by atoms with Gasteiger partial charge in [-0.15, -0.1) is 0 Å². The SMILES string of the molecule is O=C(CN1CCN(c2ccccn2)CC1)NCC(O)c1ccco1. The number of carbonyl (C=O) groups excluding carboxylic acids is 1. The monoisotopic (exact) mass is 330 g/mol. The largest absolute Gasteiger partial charge is 0.467 e. The molecule has 1 aliphatic heterocycles. The lowest BCUT2D eigenvalue weighted by Gasteiger charge is -2.35. The van der Waals surface area contributed by atoms with E-state index in [1.165, 1.54) is 6.26 Å². The molecule has 3 heterocycles. The number of nitrogens with one attached hydrogen (secondary N) is 1. The predicted molar refractivity (Wildman–Crippen MR) is 89.6 cm³/mol. The Labute approximate surface area is 140 Å². The lowest BCUT2D eigenvalue weighted by molar-refractivity contribution is -0.122. The zero-order valence-corrected chi connectivity index (χ0v) is 13.5. The highest BCUT2D eigenvalue weighted by Gasteiger charge is 2.20. The Morgan fingerprint density at radius 3 is 2.75 bits per heavy atom. The average molecular weight is 330 g/mol. The third kappa shape index (κ3) is 4.33. The number of carbonyl (C=O) groups is 1. The number of amides is 1. The Hall–Kier alpha value is -2.38. The molecule has 0 aliphatic carbocycles. The Kier molecular flexibility index (Phi) is 5.45. The number of aliphatic hydroxyl groups is 1. The summed E-state index contributed by atoms with van der Waals surface area (Å²) in [5.41, 5.74) is 0. The predicted octanol–water partition coefficient (Wildman–Crippen LogP) is 0.646. The van der Waals surface area contributed by atoms with Gasteiger partial charge in [0, 0.05) is 32.4 Å². The van der Waals surface area contributed by atoms with E-state index in [-0.39, 0.29) is 12.5 Å². The summed E-state index contributed by atoms with van der Waals surface area (Å²) in [6, 6.07) is 9.28. The molecule has 1 unspecified atom stereocenters. The number of pyridine rings is 1. The molecule has 128 valence electrons. The molecule has 7 nitrogen and oxygen atoms in total. The maximum Gasteiger partial charge on any atom is 0.234 e. The first-order chi connectivity index (χ1) is 11.7. The van der Waals surface area contributed by atoms with Crippen LogP contribution in [0.2, 0.25) is 0 Å². The first kappa shape index (κ1) is 16.5. The Morgan fingerprint density at radius 1 is 1.25 bits per heavy atom. The molecule has 3 rings (SSSR count). The van der Waals surface area contributed by atoms with Crippen LogP contribution < -0.4 is 10.2 Å². The molecule has 1 amide bonds. The first-order valence-electron chi connectivity index (χ1n) is 8.09. The van der Waals surface area contributed by atoms with E-state index in [9.17, 15) is 9.90 Å². The van der Waals surface area contributed by atoms with Gasteiger partial charge in [0.05, 0.1) is 19.4 Å². The molecule has 0 spiro atoms. The molecule has 24 heavy (non-hydrogen) atoms. The van der Waals surface area contributed by atoms with Gasteiger partial charge in [-0.2, -0.15) is 0 Å². The van der Waals surface area contributed by atoms with E-state index in [1.54, 1.807) is 18.3 Å². The highest BCUT2D eigenvalue weighted by atomic mass is 16.4. The minimum atomic E-state index is -0.815. The summed E-state index contributed by atoms with van der Waals surface area (Å²) in [6.07, 6.45) is 2.48. The fourth-order valence-corrected chi connectivity index (χ4v) is 2.73. The van der Waals surface area contributed by atoms with E-state index < -0.39 is 6.10 Å². The average Bonchev–Trinajstić information content (AvgIpc) is 3.16. The number of hydrogen-bond acceptors (Lipinski definition) is 6. The maximum absolute atomic E-state index is 12.0. The number of aromatic nitrogens is 1. The molecular weight excluding hydrogens is 308 g/mol. The number of anilines is 1. The van der Waals surface area contributed by atoms with Crippen molar-refractivity contribution in [1.29, 1.82) is 0 Å². The van der Waals surface area contributed by atoms with Crippen LogP contribution in [-0.4, -0.2) is 60.2 Å². The second kappa shape index (κ2) is 7.94. The number of nitrogens with zero attached hydrogens (tertiary/aromatic N) is 3. The summed E-state index contributed by atoms with van der Waals surface area (Å²) < 4.78 is 5.11. The van der Waals surface area contributed by atoms with Gasteiger partial charge in [-0.25, -0.2) is 4.98 Å². The lowest BCUT2D eigenvalue weighted by Crippen LogP contribution is -2.50. The van der Waals surface area contributed by atoms with Crippen LogP contribution in [0.15, 0.2) is 47.2 Å². The van der Waals surface area contributed by atoms with Gasteiger partial charge in [0.1, 0.15) is 17.7 Å². The van der Waals surface area contributed by atoms with Crippen molar-refractivity contribution in [2.45, 2.75) is 6.10 Å². The summed E-state index contributed by atoms with van der Waals surface area (Å²) in [5.74, 6) is 1.34. The summed E-state index contributed by atoms with van der Waals surface area (Å²) in [7, 11) is 0. The quantitative estimate of drug-likeness (QED) is 0.809.